The van der Waals surface area contributed by atoms with Crippen LogP contribution in [0.5, 0.6) is 0 Å². The molecule has 7 nitrogen and oxygen atoms in total. The number of carbonyl (C=O) groups is 1. The molecule has 0 aliphatic carbocycles. The van der Waals surface area contributed by atoms with E-state index in [0.29, 0.717) is 37.2 Å². The Morgan fingerprint density at radius 3 is 2.58 bits per heavy atom. The fourth-order valence-corrected chi connectivity index (χ4v) is 5.91. The minimum absolute atomic E-state index is 0.218. The Hall–Kier alpha value is -2.97. The van der Waals surface area contributed by atoms with E-state index in [4.69, 9.17) is 0 Å². The van der Waals surface area contributed by atoms with Crippen LogP contribution in [0.3, 0.4) is 0 Å². The molecule has 1 saturated heterocycles. The van der Waals surface area contributed by atoms with Crippen molar-refractivity contribution in [2.24, 2.45) is 0 Å². The van der Waals surface area contributed by atoms with Crippen molar-refractivity contribution in [2.75, 3.05) is 19.6 Å². The van der Waals surface area contributed by atoms with Crippen molar-refractivity contribution >= 4 is 15.9 Å². The van der Waals surface area contributed by atoms with Gasteiger partial charge in [0, 0.05) is 50.6 Å². The maximum Gasteiger partial charge on any atom is 0.251 e. The van der Waals surface area contributed by atoms with Crippen LogP contribution in [0.2, 0.25) is 0 Å². The molecule has 2 aromatic carbocycles. The van der Waals surface area contributed by atoms with Crippen LogP contribution < -0.4 is 5.32 Å². The number of hydrogen-bond acceptors (Lipinski definition) is 4. The van der Waals surface area contributed by atoms with Crippen LogP contribution in [0.25, 0.3) is 0 Å². The smallest absolute Gasteiger partial charge is 0.251 e. The van der Waals surface area contributed by atoms with Crippen molar-refractivity contribution in [3.63, 3.8) is 0 Å². The van der Waals surface area contributed by atoms with Crippen molar-refractivity contribution in [3.05, 3.63) is 83.4 Å². The van der Waals surface area contributed by atoms with Crippen molar-refractivity contribution in [1.82, 2.24) is 19.2 Å². The number of nitrogens with zero attached hydrogens (tertiary/aromatic N) is 3. The van der Waals surface area contributed by atoms with Gasteiger partial charge in [-0.2, -0.15) is 4.31 Å². The quantitative estimate of drug-likeness (QED) is 0.552. The average Bonchev–Trinajstić information content (AvgIpc) is 3.27. The van der Waals surface area contributed by atoms with Crippen molar-refractivity contribution in [3.8, 4) is 0 Å². The van der Waals surface area contributed by atoms with Crippen LogP contribution >= 0.6 is 0 Å². The van der Waals surface area contributed by atoms with Gasteiger partial charge in [0.15, 0.2) is 0 Å². The number of amides is 1. The monoisotopic (exact) mass is 466 g/mol. The first-order valence-electron chi connectivity index (χ1n) is 11.4. The van der Waals surface area contributed by atoms with E-state index in [2.05, 4.69) is 27.0 Å². The van der Waals surface area contributed by atoms with Gasteiger partial charge in [-0.25, -0.2) is 13.4 Å². The highest BCUT2D eigenvalue weighted by Gasteiger charge is 2.28. The standard InChI is InChI=1S/C25H30N4O3S/c1-20-10-11-22(18-23(20)33(31,32)29-15-6-3-7-16-29)25(30)27-13-12-24-26-14-17-28(24)19-21-8-4-2-5-9-21/h2,4-5,8-11,14,17-18H,3,6-7,12-13,15-16,19H2,1H3,(H,27,30). The van der Waals surface area contributed by atoms with E-state index in [1.807, 2.05) is 24.4 Å². The summed E-state index contributed by atoms with van der Waals surface area (Å²) in [5, 5.41) is 2.91. The SMILES string of the molecule is Cc1ccc(C(=O)NCCc2nccn2Cc2ccccc2)cc1S(=O)(=O)N1CCCCC1. The summed E-state index contributed by atoms with van der Waals surface area (Å²) in [5.74, 6) is 0.600. The Morgan fingerprint density at radius 1 is 1.06 bits per heavy atom. The summed E-state index contributed by atoms with van der Waals surface area (Å²) < 4.78 is 29.8. The highest BCUT2D eigenvalue weighted by Crippen LogP contribution is 2.24. The summed E-state index contributed by atoms with van der Waals surface area (Å²) in [5.41, 5.74) is 2.19. The van der Waals surface area contributed by atoms with Gasteiger partial charge in [0.2, 0.25) is 10.0 Å². The molecular formula is C25H30N4O3S. The van der Waals surface area contributed by atoms with Crippen molar-refractivity contribution < 1.29 is 13.2 Å². The number of piperidine rings is 1. The molecule has 0 atom stereocenters. The lowest BCUT2D eigenvalue weighted by atomic mass is 10.1. The topological polar surface area (TPSA) is 84.3 Å². The molecule has 1 fully saturated rings. The molecule has 1 aliphatic heterocycles. The molecule has 1 amide bonds. The highest BCUT2D eigenvalue weighted by molar-refractivity contribution is 7.89. The van der Waals surface area contributed by atoms with E-state index >= 15 is 0 Å². The fourth-order valence-electron chi connectivity index (χ4n) is 4.15. The lowest BCUT2D eigenvalue weighted by Crippen LogP contribution is -2.36. The van der Waals surface area contributed by atoms with Gasteiger partial charge >= 0.3 is 0 Å². The lowest BCUT2D eigenvalue weighted by molar-refractivity contribution is 0.0953. The number of imidazole rings is 1. The van der Waals surface area contributed by atoms with Crippen LogP contribution in [0.1, 0.15) is 46.6 Å². The molecule has 0 unspecified atom stereocenters. The second kappa shape index (κ2) is 10.3. The number of carbonyl (C=O) groups excluding carboxylic acids is 1. The summed E-state index contributed by atoms with van der Waals surface area (Å²) in [6.07, 6.45) is 7.07. The molecule has 1 aromatic heterocycles. The number of aryl methyl sites for hydroxylation is 1. The number of aromatic nitrogens is 2. The summed E-state index contributed by atoms with van der Waals surface area (Å²) in [6, 6.07) is 15.0. The van der Waals surface area contributed by atoms with Gasteiger partial charge in [0.05, 0.1) is 4.90 Å². The highest BCUT2D eigenvalue weighted by atomic mass is 32.2. The summed E-state index contributed by atoms with van der Waals surface area (Å²) in [7, 11) is -3.60. The van der Waals surface area contributed by atoms with E-state index in [-0.39, 0.29) is 10.8 Å². The lowest BCUT2D eigenvalue weighted by Gasteiger charge is -2.26. The average molecular weight is 467 g/mol. The Kier molecular flexibility index (Phi) is 7.25. The van der Waals surface area contributed by atoms with Crippen molar-refractivity contribution in [1.29, 1.82) is 0 Å². The molecule has 0 bridgehead atoms. The molecule has 0 radical (unpaired) electrons. The number of sulfonamides is 1. The van der Waals surface area contributed by atoms with E-state index in [0.717, 1.165) is 31.6 Å². The Balaban J connectivity index is 1.40. The van der Waals surface area contributed by atoms with Crippen LogP contribution in [0.4, 0.5) is 0 Å². The molecule has 0 saturated carbocycles. The Morgan fingerprint density at radius 2 is 1.82 bits per heavy atom. The first-order chi connectivity index (χ1) is 15.9. The molecule has 3 aromatic rings. The number of rotatable bonds is 8. The predicted molar refractivity (Wildman–Crippen MR) is 128 cm³/mol. The molecule has 2 heterocycles. The third-order valence-electron chi connectivity index (χ3n) is 6.01. The Labute approximate surface area is 195 Å². The molecule has 1 aliphatic rings. The fraction of sp³-hybridized carbons (Fsp3) is 0.360. The number of benzene rings is 2. The molecule has 8 heteroatoms. The third kappa shape index (κ3) is 5.51. The van der Waals surface area contributed by atoms with Gasteiger partial charge in [0.25, 0.3) is 5.91 Å². The van der Waals surface area contributed by atoms with Crippen LogP contribution in [-0.2, 0) is 23.0 Å². The van der Waals surface area contributed by atoms with Gasteiger partial charge < -0.3 is 9.88 Å². The second-order valence-electron chi connectivity index (χ2n) is 8.41. The van der Waals surface area contributed by atoms with Crippen LogP contribution in [-0.4, -0.2) is 47.8 Å². The third-order valence-corrected chi connectivity index (χ3v) is 8.06. The number of hydrogen-bond donors (Lipinski definition) is 1. The van der Waals surface area contributed by atoms with E-state index in [1.54, 1.807) is 25.3 Å². The molecule has 174 valence electrons. The van der Waals surface area contributed by atoms with Gasteiger partial charge in [-0.15, -0.1) is 0 Å². The normalized spacial score (nSPS) is 14.8. The largest absolute Gasteiger partial charge is 0.352 e. The first-order valence-corrected chi connectivity index (χ1v) is 12.8. The zero-order valence-corrected chi connectivity index (χ0v) is 19.7. The molecular weight excluding hydrogens is 436 g/mol. The summed E-state index contributed by atoms with van der Waals surface area (Å²) in [4.78, 5) is 17.4. The van der Waals surface area contributed by atoms with Gasteiger partial charge in [-0.1, -0.05) is 42.8 Å². The van der Waals surface area contributed by atoms with E-state index in [9.17, 15) is 13.2 Å². The summed E-state index contributed by atoms with van der Waals surface area (Å²) >= 11 is 0. The predicted octanol–water partition coefficient (Wildman–Crippen LogP) is 3.39. The maximum absolute atomic E-state index is 13.1. The molecule has 4 rings (SSSR count). The molecule has 33 heavy (non-hydrogen) atoms. The molecule has 1 N–H and O–H groups in total. The van der Waals surface area contributed by atoms with Gasteiger partial charge in [-0.3, -0.25) is 4.79 Å². The zero-order chi connectivity index (χ0) is 23.3. The first kappa shape index (κ1) is 23.2. The van der Waals surface area contributed by atoms with E-state index in [1.165, 1.54) is 15.9 Å². The minimum atomic E-state index is -3.60. The molecule has 0 spiro atoms. The van der Waals surface area contributed by atoms with Crippen molar-refractivity contribution in [2.45, 2.75) is 44.0 Å². The Bertz CT molecular complexity index is 1200. The maximum atomic E-state index is 13.1. The van der Waals surface area contributed by atoms with E-state index < -0.39 is 10.0 Å². The minimum Gasteiger partial charge on any atom is -0.352 e. The second-order valence-corrected chi connectivity index (χ2v) is 10.3. The van der Waals surface area contributed by atoms with Crippen LogP contribution in [0.15, 0.2) is 65.8 Å². The van der Waals surface area contributed by atoms with Crippen LogP contribution in [0, 0.1) is 6.92 Å². The zero-order valence-electron chi connectivity index (χ0n) is 18.9. The summed E-state index contributed by atoms with van der Waals surface area (Å²) in [6.45, 7) is 3.97. The number of nitrogens with one attached hydrogen (secondary N) is 1. The van der Waals surface area contributed by atoms with Gasteiger partial charge in [-0.05, 0) is 43.0 Å². The van der Waals surface area contributed by atoms with Gasteiger partial charge in [0.1, 0.15) is 5.82 Å².